The molecule has 8 nitrogen and oxygen atoms in total. The molecule has 0 bridgehead atoms. The third-order valence-electron chi connectivity index (χ3n) is 2.48. The molecule has 0 fully saturated rings. The van der Waals surface area contributed by atoms with Crippen molar-refractivity contribution in [1.29, 1.82) is 0 Å². The second kappa shape index (κ2) is 6.59. The molecule has 0 amide bonds. The molecule has 0 rings (SSSR count). The molecule has 0 aromatic carbocycles. The Labute approximate surface area is 99.6 Å². The van der Waals surface area contributed by atoms with Gasteiger partial charge in [-0.1, -0.05) is 6.92 Å². The molecule has 9 heteroatoms. The fraction of sp³-hybridized carbons (Fsp3) is 1.00. The number of aliphatic hydroxyl groups is 4. The van der Waals surface area contributed by atoms with Gasteiger partial charge in [0.1, 0.15) is 12.3 Å². The van der Waals surface area contributed by atoms with Crippen LogP contribution in [0.1, 0.15) is 13.3 Å². The smallest absolute Gasteiger partial charge is 0.132 e. The van der Waals surface area contributed by atoms with E-state index in [4.69, 9.17) is 10.2 Å². The molecule has 5 N–H and O–H groups in total. The van der Waals surface area contributed by atoms with Crippen molar-refractivity contribution in [2.24, 2.45) is 0 Å². The van der Waals surface area contributed by atoms with E-state index < -0.39 is 47.0 Å². The lowest BCUT2D eigenvalue weighted by Gasteiger charge is -2.34. The Hall–Kier alpha value is -0.290. The summed E-state index contributed by atoms with van der Waals surface area (Å²) in [6, 6.07) is 0. The first kappa shape index (κ1) is 16.7. The van der Waals surface area contributed by atoms with E-state index in [9.17, 15) is 23.2 Å². The Bertz CT molecular complexity index is 306. The summed E-state index contributed by atoms with van der Waals surface area (Å²) in [4.78, 5) is 0. The molecule has 0 aromatic heterocycles. The molecule has 0 spiro atoms. The van der Waals surface area contributed by atoms with Crippen molar-refractivity contribution in [3.8, 4) is 0 Å². The minimum atomic E-state index is -4.67. The van der Waals surface area contributed by atoms with Crippen molar-refractivity contribution < 1.29 is 33.4 Å². The van der Waals surface area contributed by atoms with Crippen molar-refractivity contribution in [3.05, 3.63) is 0 Å². The molecule has 2 atom stereocenters. The quantitative estimate of drug-likeness (QED) is 0.231. The third-order valence-corrected chi connectivity index (χ3v) is 3.23. The minimum Gasteiger partial charge on any atom is -0.748 e. The van der Waals surface area contributed by atoms with Crippen LogP contribution < -0.4 is 5.32 Å². The highest BCUT2D eigenvalue weighted by atomic mass is 32.2. The van der Waals surface area contributed by atoms with Gasteiger partial charge in [-0.15, -0.1) is 0 Å². The lowest BCUT2D eigenvalue weighted by molar-refractivity contribution is -0.0354. The maximum atomic E-state index is 10.4. The standard InChI is InChI=1S/C8H19NO7S/c1-2-8(4-10,5-11)9-7(13)6(12)3-17(14,15)16/h6-7,9-13H,2-5H2,1H3,(H,14,15,16)/p-1. The van der Waals surface area contributed by atoms with Gasteiger partial charge in [0.05, 0.1) is 34.6 Å². The molecule has 0 saturated carbocycles. The highest BCUT2D eigenvalue weighted by molar-refractivity contribution is 7.85. The molecule has 2 unspecified atom stereocenters. The summed E-state index contributed by atoms with van der Waals surface area (Å²) in [7, 11) is -4.67. The largest absolute Gasteiger partial charge is 0.748 e. The summed E-state index contributed by atoms with van der Waals surface area (Å²) in [5.41, 5.74) is -1.24. The van der Waals surface area contributed by atoms with Crippen LogP contribution in [0.25, 0.3) is 0 Å². The Kier molecular flexibility index (Phi) is 6.48. The lowest BCUT2D eigenvalue weighted by Crippen LogP contribution is -2.59. The summed E-state index contributed by atoms with van der Waals surface area (Å²) in [6.45, 7) is 0.574. The number of hydrogen-bond donors (Lipinski definition) is 5. The van der Waals surface area contributed by atoms with Crippen LogP contribution in [-0.2, 0) is 10.1 Å². The van der Waals surface area contributed by atoms with Gasteiger partial charge >= 0.3 is 0 Å². The summed E-state index contributed by atoms with van der Waals surface area (Å²) >= 11 is 0. The topological polar surface area (TPSA) is 150 Å². The zero-order chi connectivity index (χ0) is 13.7. The molecular formula is C8H18NO7S-. The first-order valence-electron chi connectivity index (χ1n) is 4.99. The molecule has 0 aliphatic carbocycles. The van der Waals surface area contributed by atoms with Gasteiger partial charge in [-0.2, -0.15) is 0 Å². The number of hydrogen-bond acceptors (Lipinski definition) is 8. The molecule has 17 heavy (non-hydrogen) atoms. The zero-order valence-electron chi connectivity index (χ0n) is 9.40. The van der Waals surface area contributed by atoms with Gasteiger partial charge in [-0.05, 0) is 6.42 Å². The number of aliphatic hydroxyl groups excluding tert-OH is 4. The first-order valence-corrected chi connectivity index (χ1v) is 6.56. The molecule has 0 aromatic rings. The van der Waals surface area contributed by atoms with E-state index in [2.05, 4.69) is 5.32 Å². The predicted molar refractivity (Wildman–Crippen MR) is 56.9 cm³/mol. The van der Waals surface area contributed by atoms with Gasteiger partial charge in [0.2, 0.25) is 0 Å². The van der Waals surface area contributed by atoms with Crippen LogP contribution in [0.5, 0.6) is 0 Å². The summed E-state index contributed by atoms with van der Waals surface area (Å²) in [5, 5.41) is 39.1. The molecule has 0 aliphatic heterocycles. The zero-order valence-corrected chi connectivity index (χ0v) is 10.2. The first-order chi connectivity index (χ1) is 7.69. The average molecular weight is 272 g/mol. The van der Waals surface area contributed by atoms with E-state index in [1.807, 2.05) is 0 Å². The second-order valence-electron chi connectivity index (χ2n) is 3.83. The molecule has 104 valence electrons. The van der Waals surface area contributed by atoms with Crippen LogP contribution in [-0.4, -0.2) is 70.2 Å². The van der Waals surface area contributed by atoms with E-state index >= 15 is 0 Å². The van der Waals surface area contributed by atoms with Gasteiger partial charge in [-0.3, -0.25) is 5.32 Å². The van der Waals surface area contributed by atoms with Gasteiger partial charge in [0, 0.05) is 0 Å². The molecule has 0 aliphatic rings. The SMILES string of the molecule is CCC(CO)(CO)NC(O)C(O)CS(=O)(=O)[O-]. The van der Waals surface area contributed by atoms with Crippen LogP contribution in [0, 0.1) is 0 Å². The third kappa shape index (κ3) is 5.73. The monoisotopic (exact) mass is 272 g/mol. The van der Waals surface area contributed by atoms with Crippen LogP contribution in [0.3, 0.4) is 0 Å². The second-order valence-corrected chi connectivity index (χ2v) is 5.28. The van der Waals surface area contributed by atoms with Gasteiger partial charge in [0.15, 0.2) is 0 Å². The highest BCUT2D eigenvalue weighted by Crippen LogP contribution is 2.10. The maximum absolute atomic E-state index is 10.4. The van der Waals surface area contributed by atoms with Crippen LogP contribution >= 0.6 is 0 Å². The van der Waals surface area contributed by atoms with Gasteiger partial charge in [0.25, 0.3) is 0 Å². The van der Waals surface area contributed by atoms with E-state index in [1.54, 1.807) is 6.92 Å². The normalized spacial score (nSPS) is 16.8. The van der Waals surface area contributed by atoms with Crippen molar-refractivity contribution >= 4 is 10.1 Å². The fourth-order valence-electron chi connectivity index (χ4n) is 1.18. The summed E-state index contributed by atoms with van der Waals surface area (Å²) in [6.07, 6.45) is -3.34. The average Bonchev–Trinajstić information content (AvgIpc) is 2.23. The van der Waals surface area contributed by atoms with Gasteiger partial charge < -0.3 is 25.0 Å². The lowest BCUT2D eigenvalue weighted by atomic mass is 9.98. The Morgan fingerprint density at radius 3 is 2.06 bits per heavy atom. The minimum absolute atomic E-state index is 0.230. The van der Waals surface area contributed by atoms with Crippen LogP contribution in [0.15, 0.2) is 0 Å². The van der Waals surface area contributed by atoms with Crippen molar-refractivity contribution in [2.75, 3.05) is 19.0 Å². The fourth-order valence-corrected chi connectivity index (χ4v) is 1.78. The van der Waals surface area contributed by atoms with E-state index in [1.165, 1.54) is 0 Å². The van der Waals surface area contributed by atoms with E-state index in [0.29, 0.717) is 0 Å². The van der Waals surface area contributed by atoms with Crippen molar-refractivity contribution in [3.63, 3.8) is 0 Å². The highest BCUT2D eigenvalue weighted by Gasteiger charge is 2.31. The Morgan fingerprint density at radius 2 is 1.76 bits per heavy atom. The number of nitrogens with one attached hydrogen (secondary N) is 1. The van der Waals surface area contributed by atoms with Crippen molar-refractivity contribution in [2.45, 2.75) is 31.2 Å². The summed E-state index contributed by atoms with van der Waals surface area (Å²) in [5.74, 6) is -1.15. The Morgan fingerprint density at radius 1 is 1.29 bits per heavy atom. The predicted octanol–water partition coefficient (Wildman–Crippen LogP) is -3.07. The van der Waals surface area contributed by atoms with Crippen LogP contribution in [0.4, 0.5) is 0 Å². The maximum Gasteiger partial charge on any atom is 0.132 e. The molecule has 0 saturated heterocycles. The van der Waals surface area contributed by atoms with E-state index in [0.717, 1.165) is 0 Å². The molecule has 0 heterocycles. The Balaban J connectivity index is 4.56. The van der Waals surface area contributed by atoms with E-state index in [-0.39, 0.29) is 6.42 Å². The molecule has 0 radical (unpaired) electrons. The molecular weight excluding hydrogens is 254 g/mol. The van der Waals surface area contributed by atoms with Gasteiger partial charge in [-0.25, -0.2) is 8.42 Å². The van der Waals surface area contributed by atoms with Crippen LogP contribution in [0.2, 0.25) is 0 Å². The number of rotatable bonds is 8. The van der Waals surface area contributed by atoms with Crippen molar-refractivity contribution in [1.82, 2.24) is 5.32 Å². The summed E-state index contributed by atoms with van der Waals surface area (Å²) < 4.78 is 31.1.